The molecule has 0 heterocycles. The van der Waals surface area contributed by atoms with E-state index < -0.39 is 10.3 Å². The zero-order valence-electron chi connectivity index (χ0n) is 5.03. The van der Waals surface area contributed by atoms with Crippen molar-refractivity contribution in [2.75, 3.05) is 20.3 Å². The summed E-state index contributed by atoms with van der Waals surface area (Å²) >= 11 is 0. The quantitative estimate of drug-likeness (QED) is 0.408. The molecule has 0 aliphatic rings. The molecule has 0 amide bonds. The second kappa shape index (κ2) is 6.53. The Hall–Kier alpha value is 0.830. The molecule has 58 valence electrons. The maximum atomic E-state index is 10.0. The molecule has 5 nitrogen and oxygen atoms in total. The molecule has 2 N–H and O–H groups in total. The number of methoxy groups -OCH3 is 1. The molecule has 0 bridgehead atoms. The van der Waals surface area contributed by atoms with Crippen LogP contribution in [0.25, 0.3) is 0 Å². The number of hydrogen-bond acceptors (Lipinski definition) is 4. The van der Waals surface area contributed by atoms with Crippen molar-refractivity contribution in [1.29, 1.82) is 0 Å². The summed E-state index contributed by atoms with van der Waals surface area (Å²) in [7, 11) is -2.34. The van der Waals surface area contributed by atoms with Crippen LogP contribution in [0.2, 0.25) is 0 Å². The van der Waals surface area contributed by atoms with Crippen LogP contribution >= 0.6 is 0 Å². The second-order valence-corrected chi connectivity index (χ2v) is 2.53. The van der Waals surface area contributed by atoms with Gasteiger partial charge >= 0.3 is 39.9 Å². The molecular formula is C3H10NNaO4S. The molecule has 0 radical (unpaired) electrons. The van der Waals surface area contributed by atoms with Crippen LogP contribution in [0.5, 0.6) is 0 Å². The fourth-order valence-electron chi connectivity index (χ4n) is 0.234. The van der Waals surface area contributed by atoms with Gasteiger partial charge in [-0.3, -0.25) is 4.18 Å². The summed E-state index contributed by atoms with van der Waals surface area (Å²) in [4.78, 5) is 0. The average molecular weight is 179 g/mol. The molecule has 0 aliphatic heterocycles. The van der Waals surface area contributed by atoms with E-state index in [9.17, 15) is 8.42 Å². The van der Waals surface area contributed by atoms with Crippen molar-refractivity contribution in [3.05, 3.63) is 0 Å². The van der Waals surface area contributed by atoms with Crippen LogP contribution in [0.3, 0.4) is 0 Å². The van der Waals surface area contributed by atoms with Gasteiger partial charge in [-0.25, -0.2) is 5.14 Å². The van der Waals surface area contributed by atoms with Gasteiger partial charge in [0.25, 0.3) is 0 Å². The first-order valence-corrected chi connectivity index (χ1v) is 3.69. The van der Waals surface area contributed by atoms with Crippen molar-refractivity contribution in [2.45, 2.75) is 0 Å². The van der Waals surface area contributed by atoms with Gasteiger partial charge in [0.1, 0.15) is 0 Å². The molecular weight excluding hydrogens is 169 g/mol. The summed E-state index contributed by atoms with van der Waals surface area (Å²) in [5.41, 5.74) is 0. The first-order chi connectivity index (χ1) is 4.06. The van der Waals surface area contributed by atoms with Crippen molar-refractivity contribution in [3.63, 3.8) is 0 Å². The zero-order chi connectivity index (χ0) is 7.33. The van der Waals surface area contributed by atoms with Gasteiger partial charge in [0.05, 0.1) is 13.2 Å². The van der Waals surface area contributed by atoms with Crippen molar-refractivity contribution < 1.29 is 17.3 Å². The summed E-state index contributed by atoms with van der Waals surface area (Å²) < 4.78 is 28.6. The maximum absolute atomic E-state index is 10.0. The normalized spacial score (nSPS) is 10.6. The molecule has 0 fully saturated rings. The van der Waals surface area contributed by atoms with Crippen molar-refractivity contribution in [1.82, 2.24) is 0 Å². The van der Waals surface area contributed by atoms with E-state index in [4.69, 9.17) is 0 Å². The van der Waals surface area contributed by atoms with Crippen LogP contribution < -0.4 is 5.14 Å². The Labute approximate surface area is 82.4 Å². The van der Waals surface area contributed by atoms with Crippen LogP contribution in [-0.4, -0.2) is 58.3 Å². The molecule has 10 heavy (non-hydrogen) atoms. The van der Waals surface area contributed by atoms with E-state index in [1.807, 2.05) is 0 Å². The van der Waals surface area contributed by atoms with Gasteiger partial charge < -0.3 is 4.74 Å². The van der Waals surface area contributed by atoms with Crippen molar-refractivity contribution in [3.8, 4) is 0 Å². The van der Waals surface area contributed by atoms with Crippen LogP contribution in [0, 0.1) is 0 Å². The van der Waals surface area contributed by atoms with Gasteiger partial charge in [0.2, 0.25) is 0 Å². The number of ether oxygens (including phenoxy) is 1. The third kappa shape index (κ3) is 11.6. The third-order valence-corrected chi connectivity index (χ3v) is 1.03. The van der Waals surface area contributed by atoms with E-state index in [-0.39, 0.29) is 42.8 Å². The molecule has 0 spiro atoms. The van der Waals surface area contributed by atoms with E-state index in [0.717, 1.165) is 0 Å². The Balaban J connectivity index is 0. The molecule has 0 aromatic rings. The number of rotatable bonds is 4. The molecule has 0 atom stereocenters. The molecule has 0 aromatic heterocycles. The Morgan fingerprint density at radius 3 is 2.20 bits per heavy atom. The van der Waals surface area contributed by atoms with Crippen LogP contribution in [-0.2, 0) is 19.2 Å². The van der Waals surface area contributed by atoms with E-state index in [1.165, 1.54) is 7.11 Å². The summed E-state index contributed by atoms with van der Waals surface area (Å²) in [6, 6.07) is 0. The van der Waals surface area contributed by atoms with Crippen molar-refractivity contribution in [2.24, 2.45) is 5.14 Å². The molecule has 0 rings (SSSR count). The summed E-state index contributed by atoms with van der Waals surface area (Å²) in [6.07, 6.45) is 0. The fourth-order valence-corrected chi connectivity index (χ4v) is 0.534. The minimum atomic E-state index is -3.78. The van der Waals surface area contributed by atoms with Gasteiger partial charge in [-0.1, -0.05) is 0 Å². The van der Waals surface area contributed by atoms with E-state index in [2.05, 4.69) is 14.1 Å². The molecule has 0 aliphatic carbocycles. The van der Waals surface area contributed by atoms with Gasteiger partial charge in [0, 0.05) is 7.11 Å². The standard InChI is InChI=1S/C3H9NO4S.Na.H/c1-7-2-3-8-9(4,5)6;;/h2-3H2,1H3,(H2,4,5,6);;. The van der Waals surface area contributed by atoms with Gasteiger partial charge in [0.15, 0.2) is 0 Å². The van der Waals surface area contributed by atoms with Crippen molar-refractivity contribution >= 4 is 39.9 Å². The van der Waals surface area contributed by atoms with E-state index in [0.29, 0.717) is 0 Å². The zero-order valence-corrected chi connectivity index (χ0v) is 5.85. The molecule has 7 heteroatoms. The second-order valence-electron chi connectivity index (χ2n) is 1.31. The SMILES string of the molecule is COCCOS(N)(=O)=O.[NaH]. The van der Waals surface area contributed by atoms with Crippen LogP contribution in [0.15, 0.2) is 0 Å². The predicted octanol–water partition coefficient (Wildman–Crippen LogP) is -1.80. The summed E-state index contributed by atoms with van der Waals surface area (Å²) in [6.45, 7) is 0.186. The Kier molecular flexibility index (Phi) is 8.77. The first-order valence-electron chi connectivity index (χ1n) is 2.22. The monoisotopic (exact) mass is 179 g/mol. The fraction of sp³-hybridized carbons (Fsp3) is 1.00. The average Bonchev–Trinajstić information content (AvgIpc) is 1.63. The number of nitrogens with two attached hydrogens (primary N) is 1. The molecule has 0 saturated carbocycles. The van der Waals surface area contributed by atoms with Gasteiger partial charge in [-0.15, -0.1) is 0 Å². The third-order valence-electron chi connectivity index (χ3n) is 0.535. The molecule has 0 saturated heterocycles. The van der Waals surface area contributed by atoms with E-state index in [1.54, 1.807) is 0 Å². The molecule has 0 aromatic carbocycles. The van der Waals surface area contributed by atoms with Gasteiger partial charge in [-0.05, 0) is 0 Å². The van der Waals surface area contributed by atoms with Crippen LogP contribution in [0.1, 0.15) is 0 Å². The van der Waals surface area contributed by atoms with Crippen LogP contribution in [0.4, 0.5) is 0 Å². The Morgan fingerprint density at radius 1 is 1.40 bits per heavy atom. The first kappa shape index (κ1) is 13.4. The summed E-state index contributed by atoms with van der Waals surface area (Å²) in [5, 5.41) is 4.47. The van der Waals surface area contributed by atoms with E-state index >= 15 is 0 Å². The topological polar surface area (TPSA) is 78.6 Å². The Bertz CT molecular complexity index is 156. The number of hydrogen-bond donors (Lipinski definition) is 1. The molecule has 0 unspecified atom stereocenters. The Morgan fingerprint density at radius 2 is 1.90 bits per heavy atom. The predicted molar refractivity (Wildman–Crippen MR) is 38.1 cm³/mol. The summed E-state index contributed by atoms with van der Waals surface area (Å²) in [5.74, 6) is 0. The van der Waals surface area contributed by atoms with Gasteiger partial charge in [-0.2, -0.15) is 8.42 Å². The minimum absolute atomic E-state index is 0.